The molecule has 15 heavy (non-hydrogen) atoms. The van der Waals surface area contributed by atoms with Gasteiger partial charge in [-0.3, -0.25) is 0 Å². The van der Waals surface area contributed by atoms with Gasteiger partial charge in [-0.1, -0.05) is 25.4 Å². The minimum absolute atomic E-state index is 0.320. The second kappa shape index (κ2) is 5.53. The van der Waals surface area contributed by atoms with Crippen LogP contribution in [-0.2, 0) is 11.2 Å². The van der Waals surface area contributed by atoms with Crippen molar-refractivity contribution in [3.63, 3.8) is 0 Å². The maximum Gasteiger partial charge on any atom is 0.343 e. The highest BCUT2D eigenvalue weighted by molar-refractivity contribution is 5.91. The summed E-state index contributed by atoms with van der Waals surface area (Å²) in [7, 11) is 0. The van der Waals surface area contributed by atoms with E-state index in [0.717, 1.165) is 12.8 Å². The molecule has 0 unspecified atom stereocenters. The molecule has 0 aromatic carbocycles. The Labute approximate surface area is 89.6 Å². The lowest BCUT2D eigenvalue weighted by atomic mass is 10.1. The summed E-state index contributed by atoms with van der Waals surface area (Å²) in [4.78, 5) is 11.7. The Morgan fingerprint density at radius 1 is 1.47 bits per heavy atom. The van der Waals surface area contributed by atoms with Gasteiger partial charge in [-0.2, -0.15) is 0 Å². The van der Waals surface area contributed by atoms with E-state index in [2.05, 4.69) is 12.1 Å². The van der Waals surface area contributed by atoms with E-state index >= 15 is 0 Å². The molecule has 0 fully saturated rings. The number of esters is 1. The van der Waals surface area contributed by atoms with E-state index in [4.69, 9.17) is 9.26 Å². The number of ether oxygens (including phenoxy) is 1. The summed E-state index contributed by atoms with van der Waals surface area (Å²) in [6, 6.07) is 0. The monoisotopic (exact) mass is 211 g/mol. The van der Waals surface area contributed by atoms with Gasteiger partial charge in [0, 0.05) is 0 Å². The normalized spacial score (nSPS) is 10.3. The van der Waals surface area contributed by atoms with Crippen molar-refractivity contribution in [2.24, 2.45) is 0 Å². The number of aryl methyl sites for hydroxylation is 2. The number of unbranched alkanes of at least 4 members (excludes halogenated alkanes) is 1. The first-order valence-corrected chi connectivity index (χ1v) is 5.32. The molecule has 0 N–H and O–H groups in total. The molecule has 0 radical (unpaired) electrons. The van der Waals surface area contributed by atoms with Crippen LogP contribution in [0.2, 0.25) is 0 Å². The van der Waals surface area contributed by atoms with E-state index in [-0.39, 0.29) is 5.97 Å². The number of carbonyl (C=O) groups is 1. The van der Waals surface area contributed by atoms with E-state index in [9.17, 15) is 4.79 Å². The minimum atomic E-state index is -0.320. The molecule has 1 rings (SSSR count). The summed E-state index contributed by atoms with van der Waals surface area (Å²) >= 11 is 0. The Bertz CT molecular complexity index is 331. The Hall–Kier alpha value is -1.32. The van der Waals surface area contributed by atoms with E-state index in [1.807, 2.05) is 6.92 Å². The summed E-state index contributed by atoms with van der Waals surface area (Å²) in [6.07, 6.45) is 2.57. The topological polar surface area (TPSA) is 52.3 Å². The van der Waals surface area contributed by atoms with Crippen molar-refractivity contribution in [2.75, 3.05) is 6.61 Å². The van der Waals surface area contributed by atoms with Gasteiger partial charge in [0.15, 0.2) is 0 Å². The van der Waals surface area contributed by atoms with Crippen LogP contribution in [0.4, 0.5) is 0 Å². The second-order valence-corrected chi connectivity index (χ2v) is 3.40. The fourth-order valence-electron chi connectivity index (χ4n) is 1.30. The molecule has 0 saturated heterocycles. The summed E-state index contributed by atoms with van der Waals surface area (Å²) < 4.78 is 10.1. The molecule has 0 aliphatic carbocycles. The lowest BCUT2D eigenvalue weighted by molar-refractivity contribution is 0.0496. The quantitative estimate of drug-likeness (QED) is 0.554. The average Bonchev–Trinajstić information content (AvgIpc) is 2.59. The average molecular weight is 211 g/mol. The lowest BCUT2D eigenvalue weighted by Gasteiger charge is -2.02. The van der Waals surface area contributed by atoms with E-state index in [0.29, 0.717) is 30.0 Å². The van der Waals surface area contributed by atoms with Crippen LogP contribution in [-0.4, -0.2) is 17.7 Å². The Morgan fingerprint density at radius 2 is 2.20 bits per heavy atom. The Balaban J connectivity index is 2.67. The predicted molar refractivity (Wildman–Crippen MR) is 55.8 cm³/mol. The fraction of sp³-hybridized carbons (Fsp3) is 0.636. The van der Waals surface area contributed by atoms with E-state index < -0.39 is 0 Å². The molecule has 0 saturated carbocycles. The summed E-state index contributed by atoms with van der Waals surface area (Å²) in [5.41, 5.74) is 1.17. The molecule has 0 bridgehead atoms. The van der Waals surface area contributed by atoms with Gasteiger partial charge in [-0.25, -0.2) is 4.79 Å². The molecular formula is C11H17NO3. The molecule has 0 spiro atoms. The molecule has 1 aromatic rings. The zero-order chi connectivity index (χ0) is 11.3. The van der Waals surface area contributed by atoms with Gasteiger partial charge in [0.1, 0.15) is 11.3 Å². The number of aromatic nitrogens is 1. The molecule has 0 aliphatic rings. The summed E-state index contributed by atoms with van der Waals surface area (Å²) in [5.74, 6) is 0.215. The highest BCUT2D eigenvalue weighted by atomic mass is 16.5. The third-order valence-electron chi connectivity index (χ3n) is 2.20. The van der Waals surface area contributed by atoms with Crippen LogP contribution in [0.5, 0.6) is 0 Å². The van der Waals surface area contributed by atoms with Crippen molar-refractivity contribution in [3.8, 4) is 0 Å². The molecule has 1 aromatic heterocycles. The van der Waals surface area contributed by atoms with Crippen LogP contribution in [0.25, 0.3) is 0 Å². The molecule has 4 heteroatoms. The number of rotatable bonds is 5. The predicted octanol–water partition coefficient (Wildman–Crippen LogP) is 2.50. The van der Waals surface area contributed by atoms with Crippen LogP contribution >= 0.6 is 0 Å². The van der Waals surface area contributed by atoms with Crippen molar-refractivity contribution in [2.45, 2.75) is 40.0 Å². The summed E-state index contributed by atoms with van der Waals surface area (Å²) in [6.45, 7) is 6.17. The third-order valence-corrected chi connectivity index (χ3v) is 2.20. The highest BCUT2D eigenvalue weighted by Crippen LogP contribution is 2.15. The van der Waals surface area contributed by atoms with Gasteiger partial charge >= 0.3 is 5.97 Å². The lowest BCUT2D eigenvalue weighted by Crippen LogP contribution is -2.09. The molecule has 0 amide bonds. The Morgan fingerprint density at radius 3 is 2.80 bits per heavy atom. The zero-order valence-electron chi connectivity index (χ0n) is 9.50. The van der Waals surface area contributed by atoms with E-state index in [1.54, 1.807) is 6.92 Å². The standard InChI is InChI=1S/C11H17NO3/c1-4-6-7-14-11(13)10-8(3)15-12-9(10)5-2/h4-7H2,1-3H3. The smallest absolute Gasteiger partial charge is 0.343 e. The van der Waals surface area contributed by atoms with Gasteiger partial charge in [0.2, 0.25) is 0 Å². The first-order chi connectivity index (χ1) is 7.20. The van der Waals surface area contributed by atoms with Crippen LogP contribution in [0, 0.1) is 6.92 Å². The molecule has 4 nitrogen and oxygen atoms in total. The van der Waals surface area contributed by atoms with Crippen LogP contribution in [0.15, 0.2) is 4.52 Å². The molecule has 0 atom stereocenters. The maximum absolute atomic E-state index is 11.7. The van der Waals surface area contributed by atoms with Crippen LogP contribution in [0.3, 0.4) is 0 Å². The third kappa shape index (κ3) is 2.81. The number of hydrogen-bond acceptors (Lipinski definition) is 4. The first-order valence-electron chi connectivity index (χ1n) is 5.32. The number of carbonyl (C=O) groups excluding carboxylic acids is 1. The van der Waals surface area contributed by atoms with Crippen molar-refractivity contribution >= 4 is 5.97 Å². The fourth-order valence-corrected chi connectivity index (χ4v) is 1.30. The number of nitrogens with zero attached hydrogens (tertiary/aromatic N) is 1. The maximum atomic E-state index is 11.7. The molecule has 84 valence electrons. The first kappa shape index (κ1) is 11.8. The molecule has 0 aliphatic heterocycles. The SMILES string of the molecule is CCCCOC(=O)c1c(CC)noc1C. The van der Waals surface area contributed by atoms with Gasteiger partial charge in [-0.15, -0.1) is 0 Å². The van der Waals surface area contributed by atoms with Gasteiger partial charge < -0.3 is 9.26 Å². The van der Waals surface area contributed by atoms with Crippen molar-refractivity contribution < 1.29 is 14.1 Å². The molecular weight excluding hydrogens is 194 g/mol. The van der Waals surface area contributed by atoms with Gasteiger partial charge in [0.05, 0.1) is 12.3 Å². The summed E-state index contributed by atoms with van der Waals surface area (Å²) in [5, 5.41) is 3.81. The van der Waals surface area contributed by atoms with Crippen molar-refractivity contribution in [3.05, 3.63) is 17.0 Å². The van der Waals surface area contributed by atoms with Crippen LogP contribution < -0.4 is 0 Å². The zero-order valence-corrected chi connectivity index (χ0v) is 9.50. The number of hydrogen-bond donors (Lipinski definition) is 0. The molecule has 1 heterocycles. The van der Waals surface area contributed by atoms with E-state index in [1.165, 1.54) is 0 Å². The van der Waals surface area contributed by atoms with Crippen molar-refractivity contribution in [1.29, 1.82) is 0 Å². The Kier molecular flexibility index (Phi) is 4.34. The van der Waals surface area contributed by atoms with Gasteiger partial charge in [-0.05, 0) is 19.8 Å². The highest BCUT2D eigenvalue weighted by Gasteiger charge is 2.20. The van der Waals surface area contributed by atoms with Crippen molar-refractivity contribution in [1.82, 2.24) is 5.16 Å². The van der Waals surface area contributed by atoms with Crippen LogP contribution in [0.1, 0.15) is 48.5 Å². The second-order valence-electron chi connectivity index (χ2n) is 3.40. The minimum Gasteiger partial charge on any atom is -0.462 e. The largest absolute Gasteiger partial charge is 0.462 e. The van der Waals surface area contributed by atoms with Gasteiger partial charge in [0.25, 0.3) is 0 Å².